The number of halogens is 1. The van der Waals surface area contributed by atoms with Crippen molar-refractivity contribution in [2.24, 2.45) is 0 Å². The maximum absolute atomic E-state index is 6.33. The minimum Gasteiger partial charge on any atom is -0.489 e. The van der Waals surface area contributed by atoms with Crippen molar-refractivity contribution in [3.63, 3.8) is 0 Å². The van der Waals surface area contributed by atoms with E-state index >= 15 is 0 Å². The van der Waals surface area contributed by atoms with E-state index in [9.17, 15) is 0 Å². The van der Waals surface area contributed by atoms with E-state index in [2.05, 4.69) is 36.5 Å². The first-order valence-corrected chi connectivity index (χ1v) is 9.13. The molecule has 0 bridgehead atoms. The Morgan fingerprint density at radius 3 is 2.54 bits per heavy atom. The highest BCUT2D eigenvalue weighted by molar-refractivity contribution is 7.98. The lowest BCUT2D eigenvalue weighted by Crippen LogP contribution is -2.17. The number of benzene rings is 1. The summed E-state index contributed by atoms with van der Waals surface area (Å²) in [5.41, 5.74) is 1.80. The number of aromatic nitrogens is 1. The van der Waals surface area contributed by atoms with Gasteiger partial charge in [-0.15, -0.1) is 0 Å². The molecule has 0 atom stereocenters. The third-order valence-electron chi connectivity index (χ3n) is 3.10. The number of pyridine rings is 1. The van der Waals surface area contributed by atoms with Crippen LogP contribution in [-0.2, 0) is 6.54 Å². The number of hydrogen-bond acceptors (Lipinski definition) is 5. The molecule has 0 aliphatic carbocycles. The summed E-state index contributed by atoms with van der Waals surface area (Å²) in [4.78, 5) is 4.61. The van der Waals surface area contributed by atoms with Crippen molar-refractivity contribution in [1.82, 2.24) is 9.71 Å². The second-order valence-electron chi connectivity index (χ2n) is 6.83. The van der Waals surface area contributed by atoms with E-state index in [0.717, 1.165) is 16.5 Å². The largest absolute Gasteiger partial charge is 0.489 e. The number of nitrogens with zero attached hydrogens (tertiary/aromatic N) is 1. The molecule has 1 aromatic heterocycles. The van der Waals surface area contributed by atoms with Crippen molar-refractivity contribution < 1.29 is 9.47 Å². The molecule has 2 rings (SSSR count). The fourth-order valence-electron chi connectivity index (χ4n) is 2.18. The van der Waals surface area contributed by atoms with Gasteiger partial charge in [0.05, 0.1) is 23.8 Å². The number of nitrogens with one attached hydrogen (secondary N) is 1. The minimum atomic E-state index is 0.0553. The normalized spacial score (nSPS) is 12.0. The number of ether oxygens (including phenoxy) is 2. The zero-order chi connectivity index (χ0) is 17.9. The summed E-state index contributed by atoms with van der Waals surface area (Å²) in [6.07, 6.45) is 0.0553. The van der Waals surface area contributed by atoms with Crippen LogP contribution in [0, 0.1) is 0 Å². The Hall–Kier alpha value is -1.17. The van der Waals surface area contributed by atoms with E-state index < -0.39 is 0 Å². The highest BCUT2D eigenvalue weighted by atomic mass is 35.5. The fourth-order valence-corrected chi connectivity index (χ4v) is 3.06. The molecule has 0 saturated carbocycles. The first-order valence-electron chi connectivity index (χ1n) is 7.94. The molecule has 4 nitrogen and oxygen atoms in total. The van der Waals surface area contributed by atoms with Crippen LogP contribution in [0.3, 0.4) is 0 Å². The van der Waals surface area contributed by atoms with Gasteiger partial charge in [0.1, 0.15) is 5.75 Å². The minimum absolute atomic E-state index is 0.0553. The van der Waals surface area contributed by atoms with Gasteiger partial charge in [-0.05, 0) is 46.8 Å². The zero-order valence-electron chi connectivity index (χ0n) is 15.1. The standard InChI is InChI=1S/C18H25ClN2O2S/c1-11(2)23-16-9-15-12(8-14(16)19)7-13(17(21-15)22-6)10-20-24-18(3,4)5/h7-9,11,20H,10H2,1-6H3. The molecule has 0 aliphatic heterocycles. The number of fused-ring (bicyclic) bond motifs is 1. The molecular formula is C18H25ClN2O2S. The lowest BCUT2D eigenvalue weighted by atomic mass is 10.1. The summed E-state index contributed by atoms with van der Waals surface area (Å²) in [6, 6.07) is 5.81. The van der Waals surface area contributed by atoms with Gasteiger partial charge < -0.3 is 9.47 Å². The molecule has 0 spiro atoms. The molecule has 1 aromatic carbocycles. The summed E-state index contributed by atoms with van der Waals surface area (Å²) >= 11 is 8.02. The Bertz CT molecular complexity index is 714. The lowest BCUT2D eigenvalue weighted by molar-refractivity contribution is 0.243. The fraction of sp³-hybridized carbons (Fsp3) is 0.500. The summed E-state index contributed by atoms with van der Waals surface area (Å²) in [5, 5.41) is 1.56. The molecule has 2 aromatic rings. The number of rotatable bonds is 6. The average Bonchev–Trinajstić information content (AvgIpc) is 2.46. The van der Waals surface area contributed by atoms with Crippen LogP contribution in [-0.4, -0.2) is 22.9 Å². The van der Waals surface area contributed by atoms with E-state index in [0.29, 0.717) is 23.2 Å². The van der Waals surface area contributed by atoms with Gasteiger partial charge in [-0.2, -0.15) is 0 Å². The summed E-state index contributed by atoms with van der Waals surface area (Å²) < 4.78 is 14.7. The monoisotopic (exact) mass is 368 g/mol. The zero-order valence-corrected chi connectivity index (χ0v) is 16.6. The first-order chi connectivity index (χ1) is 11.2. The molecule has 0 unspecified atom stereocenters. The molecule has 0 aliphatic rings. The molecule has 1 N–H and O–H groups in total. The molecule has 0 amide bonds. The van der Waals surface area contributed by atoms with Gasteiger partial charge in [0.2, 0.25) is 5.88 Å². The Balaban J connectivity index is 2.33. The molecule has 24 heavy (non-hydrogen) atoms. The van der Waals surface area contributed by atoms with E-state index in [1.165, 1.54) is 0 Å². The Morgan fingerprint density at radius 2 is 1.96 bits per heavy atom. The van der Waals surface area contributed by atoms with Gasteiger partial charge in [0.25, 0.3) is 0 Å². The second-order valence-corrected chi connectivity index (χ2v) is 8.96. The SMILES string of the molecule is COc1nc2cc(OC(C)C)c(Cl)cc2cc1CNSC(C)(C)C. The van der Waals surface area contributed by atoms with Gasteiger partial charge >= 0.3 is 0 Å². The maximum atomic E-state index is 6.33. The summed E-state index contributed by atoms with van der Waals surface area (Å²) in [7, 11) is 1.63. The smallest absolute Gasteiger partial charge is 0.218 e. The predicted molar refractivity (Wildman–Crippen MR) is 103 cm³/mol. The molecule has 0 saturated heterocycles. The lowest BCUT2D eigenvalue weighted by Gasteiger charge is -2.18. The highest BCUT2D eigenvalue weighted by Gasteiger charge is 2.14. The van der Waals surface area contributed by atoms with Crippen molar-refractivity contribution in [3.05, 3.63) is 28.8 Å². The third kappa shape index (κ3) is 5.16. The predicted octanol–water partition coefficient (Wildman–Crippen LogP) is 5.22. The van der Waals surface area contributed by atoms with Gasteiger partial charge in [-0.3, -0.25) is 4.72 Å². The van der Waals surface area contributed by atoms with Gasteiger partial charge in [-0.1, -0.05) is 23.5 Å². The average molecular weight is 369 g/mol. The van der Waals surface area contributed by atoms with Crippen LogP contribution in [0.4, 0.5) is 0 Å². The van der Waals surface area contributed by atoms with Gasteiger partial charge in [-0.25, -0.2) is 4.98 Å². The first kappa shape index (κ1) is 19.2. The van der Waals surface area contributed by atoms with Crippen molar-refractivity contribution in [2.75, 3.05) is 7.11 Å². The summed E-state index contributed by atoms with van der Waals surface area (Å²) in [5.74, 6) is 1.25. The molecule has 0 radical (unpaired) electrons. The Morgan fingerprint density at radius 1 is 1.25 bits per heavy atom. The van der Waals surface area contributed by atoms with E-state index in [1.807, 2.05) is 26.0 Å². The molecular weight excluding hydrogens is 344 g/mol. The molecule has 0 fully saturated rings. The van der Waals surface area contributed by atoms with E-state index in [4.69, 9.17) is 21.1 Å². The van der Waals surface area contributed by atoms with Crippen molar-refractivity contribution in [1.29, 1.82) is 0 Å². The Kier molecular flexibility index (Phi) is 6.23. The van der Waals surface area contributed by atoms with Crippen molar-refractivity contribution in [3.8, 4) is 11.6 Å². The van der Waals surface area contributed by atoms with Gasteiger partial charge in [0, 0.05) is 28.3 Å². The van der Waals surface area contributed by atoms with Crippen LogP contribution in [0.1, 0.15) is 40.2 Å². The van der Waals surface area contributed by atoms with Crippen LogP contribution < -0.4 is 14.2 Å². The summed E-state index contributed by atoms with van der Waals surface area (Å²) in [6.45, 7) is 11.1. The third-order valence-corrected chi connectivity index (χ3v) is 4.30. The van der Waals surface area contributed by atoms with E-state index in [1.54, 1.807) is 19.1 Å². The van der Waals surface area contributed by atoms with Crippen LogP contribution in [0.25, 0.3) is 10.9 Å². The highest BCUT2D eigenvalue weighted by Crippen LogP contribution is 2.32. The number of methoxy groups -OCH3 is 1. The molecule has 1 heterocycles. The topological polar surface area (TPSA) is 43.4 Å². The van der Waals surface area contributed by atoms with Crippen LogP contribution >= 0.6 is 23.5 Å². The number of hydrogen-bond donors (Lipinski definition) is 1. The quantitative estimate of drug-likeness (QED) is 0.708. The molecule has 132 valence electrons. The Labute approximate surface area is 153 Å². The molecule has 6 heteroatoms. The van der Waals surface area contributed by atoms with Gasteiger partial charge in [0.15, 0.2) is 0 Å². The van der Waals surface area contributed by atoms with Crippen LogP contribution in [0.5, 0.6) is 11.6 Å². The van der Waals surface area contributed by atoms with E-state index in [-0.39, 0.29) is 10.9 Å². The second kappa shape index (κ2) is 7.81. The van der Waals surface area contributed by atoms with Crippen LogP contribution in [0.2, 0.25) is 5.02 Å². The van der Waals surface area contributed by atoms with Crippen LogP contribution in [0.15, 0.2) is 18.2 Å². The van der Waals surface area contributed by atoms with Crippen molar-refractivity contribution >= 4 is 34.5 Å². The maximum Gasteiger partial charge on any atom is 0.218 e. The van der Waals surface area contributed by atoms with Crippen molar-refractivity contribution in [2.45, 2.75) is 52.0 Å².